The van der Waals surface area contributed by atoms with Crippen LogP contribution in [0.15, 0.2) is 18.2 Å². The van der Waals surface area contributed by atoms with E-state index >= 15 is 0 Å². The van der Waals surface area contributed by atoms with E-state index in [1.54, 1.807) is 6.92 Å². The van der Waals surface area contributed by atoms with Gasteiger partial charge in [0.05, 0.1) is 6.54 Å². The minimum Gasteiger partial charge on any atom is -0.332 e. The van der Waals surface area contributed by atoms with Crippen LogP contribution in [0.1, 0.15) is 47.0 Å². The van der Waals surface area contributed by atoms with Crippen LogP contribution in [0, 0.1) is 23.0 Å². The SMILES string of the molecule is CCN(CC(=O)Nc1c(F)cccc1F)C(=O)CN1C(=O)N[C@@]2(C[C@@H](C)CC(C)(C)C2)C1=O. The van der Waals surface area contributed by atoms with E-state index in [0.29, 0.717) is 12.8 Å². The first-order valence-electron chi connectivity index (χ1n) is 11.0. The molecule has 1 aromatic carbocycles. The van der Waals surface area contributed by atoms with E-state index in [2.05, 4.69) is 10.6 Å². The molecule has 1 saturated heterocycles. The Hall–Kier alpha value is -3.04. The van der Waals surface area contributed by atoms with E-state index in [1.807, 2.05) is 20.8 Å². The van der Waals surface area contributed by atoms with Crippen molar-refractivity contribution in [3.05, 3.63) is 29.8 Å². The molecule has 0 aromatic heterocycles. The third-order valence-electron chi connectivity index (χ3n) is 6.21. The summed E-state index contributed by atoms with van der Waals surface area (Å²) in [5.74, 6) is -3.51. The van der Waals surface area contributed by atoms with E-state index < -0.39 is 59.7 Å². The van der Waals surface area contributed by atoms with Crippen molar-refractivity contribution >= 4 is 29.4 Å². The first kappa shape index (κ1) is 24.6. The van der Waals surface area contributed by atoms with Crippen LogP contribution in [-0.2, 0) is 14.4 Å². The molecular weight excluding hydrogens is 434 g/mol. The first-order chi connectivity index (χ1) is 15.4. The summed E-state index contributed by atoms with van der Waals surface area (Å²) in [5.41, 5.74) is -1.78. The minimum absolute atomic E-state index is 0.102. The Morgan fingerprint density at radius 3 is 2.42 bits per heavy atom. The van der Waals surface area contributed by atoms with E-state index in [1.165, 1.54) is 6.07 Å². The molecule has 1 aliphatic heterocycles. The highest BCUT2D eigenvalue weighted by Crippen LogP contribution is 2.46. The predicted molar refractivity (Wildman–Crippen MR) is 117 cm³/mol. The molecule has 180 valence electrons. The molecule has 5 amide bonds. The van der Waals surface area contributed by atoms with Gasteiger partial charge < -0.3 is 15.5 Å². The van der Waals surface area contributed by atoms with Crippen molar-refractivity contribution in [3.63, 3.8) is 0 Å². The summed E-state index contributed by atoms with van der Waals surface area (Å²) in [7, 11) is 0. The Balaban J connectivity index is 1.67. The summed E-state index contributed by atoms with van der Waals surface area (Å²) in [6, 6.07) is 2.54. The number of carbonyl (C=O) groups excluding carboxylic acids is 4. The van der Waals surface area contributed by atoms with Crippen LogP contribution in [0.25, 0.3) is 0 Å². The Morgan fingerprint density at radius 1 is 1.21 bits per heavy atom. The van der Waals surface area contributed by atoms with Crippen LogP contribution in [0.4, 0.5) is 19.3 Å². The third kappa shape index (κ3) is 5.15. The molecule has 10 heteroatoms. The molecule has 1 aliphatic carbocycles. The largest absolute Gasteiger partial charge is 0.332 e. The van der Waals surface area contributed by atoms with Crippen molar-refractivity contribution in [1.29, 1.82) is 0 Å². The zero-order valence-corrected chi connectivity index (χ0v) is 19.3. The zero-order valence-electron chi connectivity index (χ0n) is 19.3. The molecule has 0 radical (unpaired) electrons. The lowest BCUT2D eigenvalue weighted by molar-refractivity contribution is -0.141. The van der Waals surface area contributed by atoms with Crippen LogP contribution in [0.2, 0.25) is 0 Å². The van der Waals surface area contributed by atoms with E-state index in [-0.39, 0.29) is 17.9 Å². The van der Waals surface area contributed by atoms with Gasteiger partial charge in [0.15, 0.2) is 0 Å². The van der Waals surface area contributed by atoms with Gasteiger partial charge in [0, 0.05) is 6.54 Å². The lowest BCUT2D eigenvalue weighted by Crippen LogP contribution is -2.54. The number of urea groups is 1. The number of hydrogen-bond acceptors (Lipinski definition) is 4. The highest BCUT2D eigenvalue weighted by atomic mass is 19.1. The average Bonchev–Trinajstić information content (AvgIpc) is 2.90. The van der Waals surface area contributed by atoms with Crippen LogP contribution in [-0.4, -0.2) is 58.7 Å². The number of halogens is 2. The highest BCUT2D eigenvalue weighted by Gasteiger charge is 2.56. The summed E-state index contributed by atoms with van der Waals surface area (Å²) in [6.07, 6.45) is 1.91. The van der Waals surface area contributed by atoms with Crippen LogP contribution in [0.3, 0.4) is 0 Å². The zero-order chi connectivity index (χ0) is 24.6. The molecule has 2 fully saturated rings. The molecule has 8 nitrogen and oxygen atoms in total. The number of anilines is 1. The summed E-state index contributed by atoms with van der Waals surface area (Å²) < 4.78 is 27.6. The molecule has 1 aromatic rings. The van der Waals surface area contributed by atoms with E-state index in [9.17, 15) is 28.0 Å². The second-order valence-electron chi connectivity index (χ2n) is 9.81. The summed E-state index contributed by atoms with van der Waals surface area (Å²) in [5, 5.41) is 4.93. The Morgan fingerprint density at radius 2 is 1.85 bits per heavy atom. The van der Waals surface area contributed by atoms with E-state index in [0.717, 1.165) is 28.4 Å². The van der Waals surface area contributed by atoms with Gasteiger partial charge in [-0.25, -0.2) is 13.6 Å². The molecule has 1 spiro atoms. The van der Waals surface area contributed by atoms with Gasteiger partial charge in [0.2, 0.25) is 11.8 Å². The Labute approximate surface area is 191 Å². The minimum atomic E-state index is -1.03. The molecule has 0 unspecified atom stereocenters. The number of para-hydroxylation sites is 1. The van der Waals surface area contributed by atoms with Crippen molar-refractivity contribution in [2.75, 3.05) is 25.0 Å². The van der Waals surface area contributed by atoms with Crippen molar-refractivity contribution in [3.8, 4) is 0 Å². The van der Waals surface area contributed by atoms with Gasteiger partial charge in [0.25, 0.3) is 5.91 Å². The number of benzene rings is 1. The summed E-state index contributed by atoms with van der Waals surface area (Å²) in [6.45, 7) is 6.85. The number of imide groups is 1. The monoisotopic (exact) mass is 464 g/mol. The number of nitrogens with one attached hydrogen (secondary N) is 2. The number of rotatable bonds is 6. The van der Waals surface area contributed by atoms with Gasteiger partial charge >= 0.3 is 6.03 Å². The Bertz CT molecular complexity index is 963. The summed E-state index contributed by atoms with van der Waals surface area (Å²) in [4.78, 5) is 53.0. The van der Waals surface area contributed by atoms with Gasteiger partial charge in [0.1, 0.15) is 29.4 Å². The van der Waals surface area contributed by atoms with Crippen LogP contribution < -0.4 is 10.6 Å². The fourth-order valence-electron chi connectivity index (χ4n) is 5.23. The van der Waals surface area contributed by atoms with E-state index in [4.69, 9.17) is 0 Å². The van der Waals surface area contributed by atoms with Gasteiger partial charge in [-0.15, -0.1) is 0 Å². The number of carbonyl (C=O) groups is 4. The third-order valence-corrected chi connectivity index (χ3v) is 6.21. The van der Waals surface area contributed by atoms with Crippen molar-refractivity contribution in [2.45, 2.75) is 52.5 Å². The highest BCUT2D eigenvalue weighted by molar-refractivity contribution is 6.09. The maximum atomic E-state index is 13.8. The van der Waals surface area contributed by atoms with Gasteiger partial charge in [-0.05, 0) is 49.7 Å². The van der Waals surface area contributed by atoms with Crippen molar-refractivity contribution < 1.29 is 28.0 Å². The molecule has 2 aliphatic rings. The lowest BCUT2D eigenvalue weighted by Gasteiger charge is -2.43. The number of likely N-dealkylation sites (N-methyl/N-ethyl adjacent to an activating group) is 1. The topological polar surface area (TPSA) is 98.8 Å². The standard InChI is InChI=1S/C23H30F2N4O4/c1-5-28(11-17(30)26-19-15(24)7-6-8-16(19)25)18(31)12-29-20(32)23(27-21(29)33)10-14(2)9-22(3,4)13-23/h6-8,14H,5,9-13H2,1-4H3,(H,26,30)(H,27,33)/t14-,23+/m0/s1. The quantitative estimate of drug-likeness (QED) is 0.633. The second kappa shape index (κ2) is 9.07. The average molecular weight is 465 g/mol. The fraction of sp³-hybridized carbons (Fsp3) is 0.565. The molecule has 2 atom stereocenters. The number of nitrogens with zero attached hydrogens (tertiary/aromatic N) is 2. The molecule has 2 N–H and O–H groups in total. The molecule has 1 heterocycles. The number of hydrogen-bond donors (Lipinski definition) is 2. The molecule has 3 rings (SSSR count). The van der Waals surface area contributed by atoms with Gasteiger partial charge in [-0.3, -0.25) is 19.3 Å². The smallest absolute Gasteiger partial charge is 0.325 e. The van der Waals surface area contributed by atoms with Crippen LogP contribution in [0.5, 0.6) is 0 Å². The fourth-order valence-corrected chi connectivity index (χ4v) is 5.23. The maximum absolute atomic E-state index is 13.8. The maximum Gasteiger partial charge on any atom is 0.325 e. The van der Waals surface area contributed by atoms with Gasteiger partial charge in [-0.2, -0.15) is 0 Å². The number of amides is 5. The first-order valence-corrected chi connectivity index (χ1v) is 11.0. The predicted octanol–water partition coefficient (Wildman–Crippen LogP) is 2.89. The molecule has 33 heavy (non-hydrogen) atoms. The summed E-state index contributed by atoms with van der Waals surface area (Å²) >= 11 is 0. The van der Waals surface area contributed by atoms with Crippen molar-refractivity contribution in [1.82, 2.24) is 15.1 Å². The molecule has 1 saturated carbocycles. The lowest BCUT2D eigenvalue weighted by atomic mass is 9.64. The molecule has 0 bridgehead atoms. The Kier molecular flexibility index (Phi) is 6.76. The van der Waals surface area contributed by atoms with Gasteiger partial charge in [-0.1, -0.05) is 26.8 Å². The van der Waals surface area contributed by atoms with Crippen molar-refractivity contribution in [2.24, 2.45) is 11.3 Å². The van der Waals surface area contributed by atoms with Crippen LogP contribution >= 0.6 is 0 Å². The molecular formula is C23H30F2N4O4. The normalized spacial score (nSPS) is 24.1. The second-order valence-corrected chi connectivity index (χ2v) is 9.81.